The summed E-state index contributed by atoms with van der Waals surface area (Å²) in [5.41, 5.74) is 0. The van der Waals surface area contributed by atoms with Crippen LogP contribution >= 0.6 is 18.8 Å². The highest BCUT2D eigenvalue weighted by Gasteiger charge is 2.23. The van der Waals surface area contributed by atoms with Crippen molar-refractivity contribution < 1.29 is 9.53 Å². The van der Waals surface area contributed by atoms with Crippen molar-refractivity contribution in [3.63, 3.8) is 0 Å². The number of unbranched alkanes of at least 4 members (excludes halogenated alkanes) is 1. The Balaban J connectivity index is 2.22. The van der Waals surface area contributed by atoms with Crippen molar-refractivity contribution in [3.8, 4) is 0 Å². The Hall–Kier alpha value is 0.250. The van der Waals surface area contributed by atoms with Crippen LogP contribution in [0.1, 0.15) is 51.4 Å². The fraction of sp³-hybridized carbons (Fsp3) is 0.917. The molecule has 1 rings (SSSR count). The van der Waals surface area contributed by atoms with Crippen molar-refractivity contribution in [2.75, 3.05) is 6.54 Å². The standard InChI is InChI=1S/C12H26N2O2P2/c15-12(16-10-6-2-1-3-7-10)11(14-18)8-4-5-9-13-17/h10-11,13-14H,1-9,17-18H2/t11-/m0/s1. The predicted octanol–water partition coefficient (Wildman–Crippen LogP) is 2.16. The van der Waals surface area contributed by atoms with Crippen LogP contribution in [0.25, 0.3) is 0 Å². The Labute approximate surface area is 115 Å². The second-order valence-electron chi connectivity index (χ2n) is 4.87. The van der Waals surface area contributed by atoms with Gasteiger partial charge in [-0.05, 0) is 45.1 Å². The second kappa shape index (κ2) is 10.1. The third kappa shape index (κ3) is 6.43. The quantitative estimate of drug-likeness (QED) is 0.409. The molecule has 2 N–H and O–H groups in total. The molecule has 0 aromatic carbocycles. The SMILES string of the molecule is O=C(OC1CCCCC1)[C@H](CCCCNP)NP. The third-order valence-corrected chi connectivity index (χ3v) is 4.08. The Morgan fingerprint density at radius 1 is 1.22 bits per heavy atom. The minimum atomic E-state index is -0.179. The average Bonchev–Trinajstić information content (AvgIpc) is 2.40. The van der Waals surface area contributed by atoms with Crippen LogP contribution in [0.4, 0.5) is 0 Å². The lowest BCUT2D eigenvalue weighted by Gasteiger charge is -2.24. The molecular weight excluding hydrogens is 266 g/mol. The number of carbonyl (C=O) groups excluding carboxylic acids is 1. The molecule has 0 aromatic heterocycles. The molecule has 1 aliphatic carbocycles. The van der Waals surface area contributed by atoms with Gasteiger partial charge in [-0.2, -0.15) is 0 Å². The Morgan fingerprint density at radius 3 is 2.56 bits per heavy atom. The van der Waals surface area contributed by atoms with Crippen LogP contribution in [0.5, 0.6) is 0 Å². The van der Waals surface area contributed by atoms with Gasteiger partial charge in [0.1, 0.15) is 12.1 Å². The number of nitrogens with one attached hydrogen (secondary N) is 2. The molecule has 6 heteroatoms. The van der Waals surface area contributed by atoms with Crippen LogP contribution in [0, 0.1) is 0 Å². The van der Waals surface area contributed by atoms with E-state index >= 15 is 0 Å². The zero-order valence-corrected chi connectivity index (χ0v) is 13.3. The molecule has 1 saturated carbocycles. The molecule has 0 spiro atoms. The highest BCUT2D eigenvalue weighted by molar-refractivity contribution is 7.13. The van der Waals surface area contributed by atoms with Gasteiger partial charge < -0.3 is 9.82 Å². The first kappa shape index (κ1) is 16.3. The molecule has 1 fully saturated rings. The van der Waals surface area contributed by atoms with E-state index in [1.807, 2.05) is 0 Å². The van der Waals surface area contributed by atoms with Gasteiger partial charge in [0.2, 0.25) is 0 Å². The summed E-state index contributed by atoms with van der Waals surface area (Å²) in [5.74, 6) is -0.0873. The fourth-order valence-electron chi connectivity index (χ4n) is 2.27. The van der Waals surface area contributed by atoms with Gasteiger partial charge in [-0.1, -0.05) is 31.6 Å². The smallest absolute Gasteiger partial charge is 0.323 e. The Morgan fingerprint density at radius 2 is 1.94 bits per heavy atom. The fourth-order valence-corrected chi connectivity index (χ4v) is 2.78. The Kier molecular flexibility index (Phi) is 9.14. The van der Waals surface area contributed by atoms with Crippen molar-refractivity contribution in [3.05, 3.63) is 0 Å². The molecule has 2 unspecified atom stereocenters. The monoisotopic (exact) mass is 292 g/mol. The highest BCUT2D eigenvalue weighted by Crippen LogP contribution is 2.21. The minimum absolute atomic E-state index is 0.0873. The van der Waals surface area contributed by atoms with Gasteiger partial charge in [0, 0.05) is 0 Å². The summed E-state index contributed by atoms with van der Waals surface area (Å²) in [6.07, 6.45) is 8.81. The molecule has 0 heterocycles. The van der Waals surface area contributed by atoms with E-state index in [1.165, 1.54) is 19.3 Å². The zero-order chi connectivity index (χ0) is 13.2. The molecule has 106 valence electrons. The van der Waals surface area contributed by atoms with Gasteiger partial charge in [0.15, 0.2) is 0 Å². The van der Waals surface area contributed by atoms with Gasteiger partial charge in [-0.3, -0.25) is 9.88 Å². The van der Waals surface area contributed by atoms with Crippen LogP contribution < -0.4 is 10.2 Å². The third-order valence-electron chi connectivity index (χ3n) is 3.38. The van der Waals surface area contributed by atoms with E-state index in [9.17, 15) is 4.79 Å². The molecule has 0 amide bonds. The van der Waals surface area contributed by atoms with E-state index in [1.54, 1.807) is 0 Å². The lowest BCUT2D eigenvalue weighted by molar-refractivity contribution is -0.152. The predicted molar refractivity (Wildman–Crippen MR) is 81.2 cm³/mol. The number of hydrogen-bond donors (Lipinski definition) is 2. The lowest BCUT2D eigenvalue weighted by atomic mass is 9.98. The number of hydrogen-bond acceptors (Lipinski definition) is 4. The van der Waals surface area contributed by atoms with Crippen LogP contribution in [0.15, 0.2) is 0 Å². The van der Waals surface area contributed by atoms with Crippen LogP contribution in [0.2, 0.25) is 0 Å². The summed E-state index contributed by atoms with van der Waals surface area (Å²) in [5, 5.41) is 6.01. The van der Waals surface area contributed by atoms with Crippen LogP contribution in [-0.4, -0.2) is 24.7 Å². The first-order chi connectivity index (χ1) is 8.77. The number of esters is 1. The van der Waals surface area contributed by atoms with Crippen molar-refractivity contribution in [1.29, 1.82) is 0 Å². The summed E-state index contributed by atoms with van der Waals surface area (Å²) < 4.78 is 5.57. The van der Waals surface area contributed by atoms with E-state index in [0.29, 0.717) is 0 Å². The van der Waals surface area contributed by atoms with E-state index in [0.717, 1.165) is 38.6 Å². The summed E-state index contributed by atoms with van der Waals surface area (Å²) in [6.45, 7) is 0.964. The van der Waals surface area contributed by atoms with Gasteiger partial charge in [0.25, 0.3) is 0 Å². The molecule has 0 radical (unpaired) electrons. The zero-order valence-electron chi connectivity index (χ0n) is 11.0. The van der Waals surface area contributed by atoms with Gasteiger partial charge in [-0.25, -0.2) is 0 Å². The Bertz CT molecular complexity index is 236. The molecule has 4 nitrogen and oxygen atoms in total. The lowest BCUT2D eigenvalue weighted by Crippen LogP contribution is -2.35. The topological polar surface area (TPSA) is 50.4 Å². The molecule has 0 aromatic rings. The summed E-state index contributed by atoms with van der Waals surface area (Å²) >= 11 is 0. The van der Waals surface area contributed by atoms with Crippen molar-refractivity contribution >= 4 is 24.8 Å². The molecule has 0 saturated heterocycles. The van der Waals surface area contributed by atoms with E-state index in [4.69, 9.17) is 4.74 Å². The summed E-state index contributed by atoms with van der Waals surface area (Å²) in [6, 6.07) is -0.179. The van der Waals surface area contributed by atoms with Gasteiger partial charge >= 0.3 is 5.97 Å². The molecule has 0 bridgehead atoms. The average molecular weight is 292 g/mol. The van der Waals surface area contributed by atoms with Gasteiger partial charge in [0.05, 0.1) is 0 Å². The highest BCUT2D eigenvalue weighted by atomic mass is 31.0. The first-order valence-electron chi connectivity index (χ1n) is 6.88. The summed E-state index contributed by atoms with van der Waals surface area (Å²) in [4.78, 5) is 12.0. The maximum atomic E-state index is 12.0. The minimum Gasteiger partial charge on any atom is -0.461 e. The number of rotatable bonds is 8. The first-order valence-corrected chi connectivity index (χ1v) is 8.03. The second-order valence-corrected chi connectivity index (χ2v) is 5.61. The van der Waals surface area contributed by atoms with Crippen molar-refractivity contribution in [2.45, 2.75) is 63.5 Å². The summed E-state index contributed by atoms with van der Waals surface area (Å²) in [7, 11) is 4.92. The molecular formula is C12H26N2O2P2. The number of carbonyl (C=O) groups is 1. The molecule has 3 atom stereocenters. The molecule has 0 aliphatic heterocycles. The van der Waals surface area contributed by atoms with Crippen LogP contribution in [-0.2, 0) is 9.53 Å². The normalized spacial score (nSPS) is 18.6. The van der Waals surface area contributed by atoms with Crippen molar-refractivity contribution in [1.82, 2.24) is 10.2 Å². The van der Waals surface area contributed by atoms with Crippen molar-refractivity contribution in [2.24, 2.45) is 0 Å². The molecule has 1 aliphatic rings. The van der Waals surface area contributed by atoms with Gasteiger partial charge in [-0.15, -0.1) is 0 Å². The van der Waals surface area contributed by atoms with E-state index < -0.39 is 0 Å². The maximum absolute atomic E-state index is 12.0. The molecule has 18 heavy (non-hydrogen) atoms. The largest absolute Gasteiger partial charge is 0.461 e. The number of ether oxygens (including phenoxy) is 1. The van der Waals surface area contributed by atoms with Crippen LogP contribution in [0.3, 0.4) is 0 Å². The van der Waals surface area contributed by atoms with E-state index in [2.05, 4.69) is 29.0 Å². The van der Waals surface area contributed by atoms with E-state index in [-0.39, 0.29) is 18.1 Å². The maximum Gasteiger partial charge on any atom is 0.323 e.